The van der Waals surface area contributed by atoms with Crippen LogP contribution in [0, 0.1) is 11.8 Å². The van der Waals surface area contributed by atoms with Gasteiger partial charge >= 0.3 is 19.8 Å². The number of hydrogen-bond acceptors (Lipinski definition) is 12. The van der Waals surface area contributed by atoms with E-state index >= 15 is 0 Å². The molecule has 1 aliphatic rings. The van der Waals surface area contributed by atoms with Crippen LogP contribution in [0.15, 0.2) is 36.5 Å². The molecule has 0 aliphatic heterocycles. The summed E-state index contributed by atoms with van der Waals surface area (Å²) in [6.45, 7) is 2.01. The first kappa shape index (κ1) is 56.1. The van der Waals surface area contributed by atoms with E-state index in [1.807, 2.05) is 6.08 Å². The smallest absolute Gasteiger partial charge is 0.462 e. The van der Waals surface area contributed by atoms with Crippen LogP contribution in [0.5, 0.6) is 0 Å². The first-order chi connectivity index (χ1) is 28.9. The Bertz CT molecular complexity index is 1210. The van der Waals surface area contributed by atoms with Crippen LogP contribution in [0.25, 0.3) is 0 Å². The van der Waals surface area contributed by atoms with Crippen LogP contribution in [0.4, 0.5) is 0 Å². The molecule has 0 heterocycles. The molecular formula is C46H83O13P. The van der Waals surface area contributed by atoms with E-state index in [1.54, 1.807) is 6.08 Å². The zero-order valence-electron chi connectivity index (χ0n) is 37.0. The Morgan fingerprint density at radius 2 is 1.27 bits per heavy atom. The topological polar surface area (TPSA) is 210 Å². The van der Waals surface area contributed by atoms with Gasteiger partial charge in [0.2, 0.25) is 0 Å². The lowest BCUT2D eigenvalue weighted by Gasteiger charge is -2.21. The number of esters is 2. The molecule has 6 N–H and O–H groups in total. The molecule has 0 saturated heterocycles. The highest BCUT2D eigenvalue weighted by Crippen LogP contribution is 2.43. The second-order valence-electron chi connectivity index (χ2n) is 16.4. The van der Waals surface area contributed by atoms with Crippen molar-refractivity contribution < 1.29 is 63.1 Å². The predicted molar refractivity (Wildman–Crippen MR) is 235 cm³/mol. The molecule has 1 aliphatic carbocycles. The van der Waals surface area contributed by atoms with Gasteiger partial charge in [-0.25, -0.2) is 4.57 Å². The number of allylic oxidation sites excluding steroid dienone is 4. The van der Waals surface area contributed by atoms with E-state index in [2.05, 4.69) is 42.7 Å². The number of carbonyl (C=O) groups is 2. The summed E-state index contributed by atoms with van der Waals surface area (Å²) in [5.41, 5.74) is 0. The van der Waals surface area contributed by atoms with E-state index in [9.17, 15) is 39.5 Å². The third kappa shape index (κ3) is 30.2. The lowest BCUT2D eigenvalue weighted by atomic mass is 9.88. The second-order valence-corrected chi connectivity index (χ2v) is 17.8. The van der Waals surface area contributed by atoms with Gasteiger partial charge in [0, 0.05) is 25.2 Å². The van der Waals surface area contributed by atoms with E-state index in [0.717, 1.165) is 83.5 Å². The molecular weight excluding hydrogens is 791 g/mol. The van der Waals surface area contributed by atoms with Crippen molar-refractivity contribution in [2.75, 3.05) is 26.4 Å². The Morgan fingerprint density at radius 1 is 0.700 bits per heavy atom. The largest absolute Gasteiger partial charge is 0.472 e. The highest BCUT2D eigenvalue weighted by molar-refractivity contribution is 7.47. The van der Waals surface area contributed by atoms with Crippen LogP contribution >= 0.6 is 7.82 Å². The third-order valence-electron chi connectivity index (χ3n) is 10.9. The van der Waals surface area contributed by atoms with Gasteiger partial charge < -0.3 is 39.9 Å². The number of rotatable bonds is 39. The molecule has 60 heavy (non-hydrogen) atoms. The molecule has 1 rings (SSSR count). The first-order valence-corrected chi connectivity index (χ1v) is 24.7. The summed E-state index contributed by atoms with van der Waals surface area (Å²) in [5, 5.41) is 49.8. The highest BCUT2D eigenvalue weighted by atomic mass is 31.2. The van der Waals surface area contributed by atoms with E-state index < -0.39 is 76.7 Å². The number of aliphatic hydroxyl groups is 5. The van der Waals surface area contributed by atoms with E-state index in [1.165, 1.54) is 32.1 Å². The molecule has 0 aromatic carbocycles. The summed E-state index contributed by atoms with van der Waals surface area (Å²) in [6.07, 6.45) is 30.2. The molecule has 0 spiro atoms. The summed E-state index contributed by atoms with van der Waals surface area (Å²) < 4.78 is 32.8. The minimum absolute atomic E-state index is 0.101. The number of carbonyl (C=O) groups excluding carboxylic acids is 2. The van der Waals surface area contributed by atoms with Crippen LogP contribution in [-0.2, 0) is 32.7 Å². The Morgan fingerprint density at radius 3 is 1.92 bits per heavy atom. The van der Waals surface area contributed by atoms with Crippen LogP contribution in [0.1, 0.15) is 174 Å². The third-order valence-corrected chi connectivity index (χ3v) is 11.8. The van der Waals surface area contributed by atoms with Crippen LogP contribution < -0.4 is 0 Å². The standard InChI is InChI=1S/C46H83O13P/c1-3-5-7-8-9-10-11-12-13-14-15-16-17-18-19-20-26-30-46(53)59-40(37-58-60(54,55)57-35-39(49)34-47)36-56-45(52)29-25-22-21-24-28-41-42(44(51)33-43(41)50)32-31-38(48)27-23-6-4-2/h9-10,12-13,31-32,38-44,47-51H,3-8,11,14-30,33-37H2,1-2H3,(H,54,55)/b10-9-,13-12-,32-31+/t38-,39-,40+,41+,42+,43-,44+/m0/s1. The van der Waals surface area contributed by atoms with Gasteiger partial charge in [-0.3, -0.25) is 18.6 Å². The summed E-state index contributed by atoms with van der Waals surface area (Å²) >= 11 is 0. The molecule has 1 fully saturated rings. The van der Waals surface area contributed by atoms with Crippen molar-refractivity contribution in [2.45, 2.75) is 205 Å². The van der Waals surface area contributed by atoms with E-state index in [0.29, 0.717) is 32.1 Å². The van der Waals surface area contributed by atoms with Crippen LogP contribution in [-0.4, -0.2) is 99.3 Å². The second kappa shape index (κ2) is 36.5. The Hall–Kier alpha value is -1.93. The van der Waals surface area contributed by atoms with Crippen molar-refractivity contribution >= 4 is 19.8 Å². The van der Waals surface area contributed by atoms with Gasteiger partial charge in [-0.1, -0.05) is 134 Å². The van der Waals surface area contributed by atoms with E-state index in [-0.39, 0.29) is 24.7 Å². The number of phosphoric ester groups is 1. The molecule has 350 valence electrons. The van der Waals surface area contributed by atoms with Crippen molar-refractivity contribution in [3.63, 3.8) is 0 Å². The quantitative estimate of drug-likeness (QED) is 0.0148. The van der Waals surface area contributed by atoms with Crippen LogP contribution in [0.3, 0.4) is 0 Å². The van der Waals surface area contributed by atoms with Crippen molar-refractivity contribution in [1.82, 2.24) is 0 Å². The first-order valence-electron chi connectivity index (χ1n) is 23.2. The van der Waals surface area contributed by atoms with Gasteiger partial charge in [-0.05, 0) is 63.7 Å². The number of hydrogen-bond donors (Lipinski definition) is 6. The predicted octanol–water partition coefficient (Wildman–Crippen LogP) is 8.72. The summed E-state index contributed by atoms with van der Waals surface area (Å²) in [7, 11) is -4.68. The normalized spacial score (nSPS) is 20.9. The fourth-order valence-electron chi connectivity index (χ4n) is 7.24. The Kier molecular flexibility index (Phi) is 34.2. The molecule has 1 unspecified atom stereocenters. The number of aliphatic hydroxyl groups excluding tert-OH is 5. The van der Waals surface area contributed by atoms with E-state index in [4.69, 9.17) is 19.1 Å². The highest BCUT2D eigenvalue weighted by Gasteiger charge is 2.39. The SMILES string of the molecule is CCCCC/C=C\C/C=C\CCCCCCCCCC(=O)O[C@H](COC(=O)CCCCCC[C@@H]1[C@@H](/C=C/[C@@H](O)CCCCC)[C@H](O)C[C@@H]1O)COP(=O)(O)OC[C@@H](O)CO. The fourth-order valence-corrected chi connectivity index (χ4v) is 8.03. The number of unbranched alkanes of at least 4 members (excludes halogenated alkanes) is 15. The maximum Gasteiger partial charge on any atom is 0.472 e. The molecule has 0 radical (unpaired) electrons. The number of ether oxygens (including phenoxy) is 2. The molecule has 0 aromatic heterocycles. The molecule has 0 amide bonds. The van der Waals surface area contributed by atoms with Crippen molar-refractivity contribution in [3.05, 3.63) is 36.5 Å². The average molecular weight is 875 g/mol. The average Bonchev–Trinajstić information content (AvgIpc) is 3.49. The molecule has 0 bridgehead atoms. The lowest BCUT2D eigenvalue weighted by Crippen LogP contribution is -2.29. The summed E-state index contributed by atoms with van der Waals surface area (Å²) in [6, 6.07) is 0. The zero-order valence-corrected chi connectivity index (χ0v) is 37.9. The summed E-state index contributed by atoms with van der Waals surface area (Å²) in [5.74, 6) is -1.39. The minimum atomic E-state index is -4.68. The van der Waals surface area contributed by atoms with Gasteiger partial charge in [-0.15, -0.1) is 0 Å². The maximum atomic E-state index is 12.7. The van der Waals surface area contributed by atoms with Gasteiger partial charge in [0.25, 0.3) is 0 Å². The van der Waals surface area contributed by atoms with Gasteiger partial charge in [0.1, 0.15) is 12.7 Å². The van der Waals surface area contributed by atoms with Crippen LogP contribution in [0.2, 0.25) is 0 Å². The minimum Gasteiger partial charge on any atom is -0.462 e. The van der Waals surface area contributed by atoms with Crippen molar-refractivity contribution in [1.29, 1.82) is 0 Å². The maximum absolute atomic E-state index is 12.7. The molecule has 0 aromatic rings. The van der Waals surface area contributed by atoms with Gasteiger partial charge in [-0.2, -0.15) is 0 Å². The van der Waals surface area contributed by atoms with Gasteiger partial charge in [0.15, 0.2) is 6.10 Å². The Labute approximate surface area is 361 Å². The molecule has 8 atom stereocenters. The lowest BCUT2D eigenvalue weighted by molar-refractivity contribution is -0.161. The van der Waals surface area contributed by atoms with Crippen molar-refractivity contribution in [2.24, 2.45) is 11.8 Å². The molecule has 14 heteroatoms. The van der Waals surface area contributed by atoms with Gasteiger partial charge in [0.05, 0.1) is 38.1 Å². The fraction of sp³-hybridized carbons (Fsp3) is 0.826. The zero-order chi connectivity index (χ0) is 44.3. The molecule has 1 saturated carbocycles. The Balaban J connectivity index is 2.41. The molecule has 13 nitrogen and oxygen atoms in total. The summed E-state index contributed by atoms with van der Waals surface area (Å²) in [4.78, 5) is 35.3. The number of phosphoric acid groups is 1. The van der Waals surface area contributed by atoms with Crippen molar-refractivity contribution in [3.8, 4) is 0 Å². The monoisotopic (exact) mass is 875 g/mol.